The van der Waals surface area contributed by atoms with Crippen molar-refractivity contribution in [3.63, 3.8) is 0 Å². The van der Waals surface area contributed by atoms with Crippen LogP contribution in [0, 0.1) is 0 Å². The molecule has 1 atom stereocenters. The fraction of sp³-hybridized carbons (Fsp3) is 0.680. The van der Waals surface area contributed by atoms with Gasteiger partial charge < -0.3 is 18.8 Å². The number of nitrogens with zero attached hydrogens (tertiary/aromatic N) is 2. The first-order valence-corrected chi connectivity index (χ1v) is 12.8. The molecule has 186 valence electrons. The molecule has 2 fully saturated rings. The van der Waals surface area contributed by atoms with Crippen LogP contribution in [0.5, 0.6) is 0 Å². The van der Waals surface area contributed by atoms with Crippen LogP contribution in [0.25, 0.3) is 10.9 Å². The van der Waals surface area contributed by atoms with Gasteiger partial charge in [0, 0.05) is 23.4 Å². The Hall–Kier alpha value is -1.61. The van der Waals surface area contributed by atoms with E-state index in [2.05, 4.69) is 0 Å². The molecular formula is C25H36BClN2O5. The smallest absolute Gasteiger partial charge is 0.466 e. The lowest BCUT2D eigenvalue weighted by molar-refractivity contribution is -0.143. The molecule has 1 unspecified atom stereocenters. The number of carbonyl (C=O) groups excluding carboxylic acids is 1. The Bertz CT molecular complexity index is 1020. The molecule has 2 saturated heterocycles. The highest BCUT2D eigenvalue weighted by atomic mass is 35.5. The number of halogens is 1. The Labute approximate surface area is 207 Å². The lowest BCUT2D eigenvalue weighted by atomic mass is 9.73. The number of benzene rings is 1. The number of carbonyl (C=O) groups is 1. The minimum absolute atomic E-state index is 0.0936. The molecule has 3 heterocycles. The van der Waals surface area contributed by atoms with Crippen LogP contribution in [-0.4, -0.2) is 47.3 Å². The quantitative estimate of drug-likeness (QED) is 0.296. The van der Waals surface area contributed by atoms with Crippen molar-refractivity contribution in [3.05, 3.63) is 22.8 Å². The van der Waals surface area contributed by atoms with Gasteiger partial charge in [0.2, 0.25) is 0 Å². The largest absolute Gasteiger partial charge is 0.495 e. The molecular weight excluding hydrogens is 455 g/mol. The predicted octanol–water partition coefficient (Wildman–Crippen LogP) is 4.96. The van der Waals surface area contributed by atoms with Crippen molar-refractivity contribution in [2.24, 2.45) is 0 Å². The Morgan fingerprint density at radius 3 is 2.62 bits per heavy atom. The van der Waals surface area contributed by atoms with Crippen LogP contribution in [0.4, 0.5) is 0 Å². The van der Waals surface area contributed by atoms with Gasteiger partial charge in [-0.15, -0.1) is 0 Å². The average molecular weight is 491 g/mol. The first-order valence-electron chi connectivity index (χ1n) is 12.5. The van der Waals surface area contributed by atoms with E-state index in [1.165, 1.54) is 0 Å². The van der Waals surface area contributed by atoms with E-state index < -0.39 is 18.3 Å². The molecule has 0 bridgehead atoms. The van der Waals surface area contributed by atoms with Crippen molar-refractivity contribution < 1.29 is 23.6 Å². The van der Waals surface area contributed by atoms with E-state index in [4.69, 9.17) is 35.5 Å². The van der Waals surface area contributed by atoms with Crippen LogP contribution in [0.1, 0.15) is 84.9 Å². The number of aromatic nitrogens is 2. The van der Waals surface area contributed by atoms with Gasteiger partial charge in [-0.05, 0) is 90.2 Å². The summed E-state index contributed by atoms with van der Waals surface area (Å²) in [6.07, 6.45) is 7.54. The molecule has 0 N–H and O–H groups in total. The third-order valence-electron chi connectivity index (χ3n) is 7.28. The van der Waals surface area contributed by atoms with E-state index >= 15 is 0 Å². The zero-order chi connectivity index (χ0) is 24.5. The molecule has 0 spiro atoms. The Morgan fingerprint density at radius 2 is 1.97 bits per heavy atom. The summed E-state index contributed by atoms with van der Waals surface area (Å²) < 4.78 is 25.9. The van der Waals surface area contributed by atoms with Crippen molar-refractivity contribution in [2.75, 3.05) is 13.2 Å². The van der Waals surface area contributed by atoms with Crippen molar-refractivity contribution in [2.45, 2.75) is 97.0 Å². The summed E-state index contributed by atoms with van der Waals surface area (Å²) in [5.74, 6) is -0.163. The maximum Gasteiger partial charge on any atom is 0.495 e. The third-order valence-corrected chi connectivity index (χ3v) is 7.62. The number of fused-ring (bicyclic) bond motifs is 1. The zero-order valence-electron chi connectivity index (χ0n) is 21.0. The minimum Gasteiger partial charge on any atom is -0.466 e. The average Bonchev–Trinajstić information content (AvgIpc) is 3.28. The first-order chi connectivity index (χ1) is 16.1. The van der Waals surface area contributed by atoms with Crippen molar-refractivity contribution in [1.29, 1.82) is 0 Å². The summed E-state index contributed by atoms with van der Waals surface area (Å²) in [4.78, 5) is 11.8. The molecule has 7 nitrogen and oxygen atoms in total. The van der Waals surface area contributed by atoms with Gasteiger partial charge in [-0.3, -0.25) is 4.79 Å². The van der Waals surface area contributed by atoms with Gasteiger partial charge in [0.05, 0.1) is 29.5 Å². The summed E-state index contributed by atoms with van der Waals surface area (Å²) in [5.41, 5.74) is 1.89. The highest BCUT2D eigenvalue weighted by Gasteiger charge is 2.53. The standard InChI is InChI=1S/C25H36BClN2O5/c1-6-31-22(30)13-8-7-11-17-19(27)15-20-18(16-28-29(20)21-12-9-10-14-32-21)23(17)26-33-24(2,3)25(4,5)34-26/h15-16,21H,6-14H2,1-5H3. The summed E-state index contributed by atoms with van der Waals surface area (Å²) in [7, 11) is -0.559. The second kappa shape index (κ2) is 10.2. The lowest BCUT2D eigenvalue weighted by Gasteiger charge is -2.32. The summed E-state index contributed by atoms with van der Waals surface area (Å²) in [5, 5.41) is 6.33. The van der Waals surface area contributed by atoms with E-state index in [0.29, 0.717) is 24.5 Å². The van der Waals surface area contributed by atoms with Crippen LogP contribution in [0.15, 0.2) is 12.3 Å². The molecule has 34 heavy (non-hydrogen) atoms. The Balaban J connectivity index is 1.69. The molecule has 4 rings (SSSR count). The molecule has 1 aromatic carbocycles. The fourth-order valence-electron chi connectivity index (χ4n) is 4.66. The molecule has 1 aromatic heterocycles. The molecule has 2 aliphatic heterocycles. The molecule has 0 amide bonds. The molecule has 9 heteroatoms. The molecule has 0 saturated carbocycles. The first kappa shape index (κ1) is 25.5. The van der Waals surface area contributed by atoms with E-state index in [0.717, 1.165) is 60.6 Å². The minimum atomic E-state index is -0.559. The molecule has 2 aromatic rings. The normalized spacial score (nSPS) is 21.8. The van der Waals surface area contributed by atoms with Crippen LogP contribution < -0.4 is 5.46 Å². The van der Waals surface area contributed by atoms with E-state index in [-0.39, 0.29) is 12.2 Å². The molecule has 0 radical (unpaired) electrons. The molecule has 0 aliphatic carbocycles. The van der Waals surface area contributed by atoms with Gasteiger partial charge in [-0.1, -0.05) is 11.6 Å². The second-order valence-electron chi connectivity index (χ2n) is 10.2. The zero-order valence-corrected chi connectivity index (χ0v) is 21.7. The number of ether oxygens (including phenoxy) is 2. The third kappa shape index (κ3) is 5.01. The van der Waals surface area contributed by atoms with Gasteiger partial charge in [0.25, 0.3) is 0 Å². The number of rotatable bonds is 8. The lowest BCUT2D eigenvalue weighted by Crippen LogP contribution is -2.41. The van der Waals surface area contributed by atoms with Crippen molar-refractivity contribution >= 4 is 41.1 Å². The van der Waals surface area contributed by atoms with E-state index in [1.54, 1.807) is 0 Å². The summed E-state index contributed by atoms with van der Waals surface area (Å²) >= 11 is 6.90. The van der Waals surface area contributed by atoms with Crippen molar-refractivity contribution in [3.8, 4) is 0 Å². The number of hydrogen-bond acceptors (Lipinski definition) is 6. The maximum absolute atomic E-state index is 11.8. The topological polar surface area (TPSA) is 71.8 Å². The number of esters is 1. The fourth-order valence-corrected chi connectivity index (χ4v) is 4.96. The summed E-state index contributed by atoms with van der Waals surface area (Å²) in [6.45, 7) is 11.2. The highest BCUT2D eigenvalue weighted by molar-refractivity contribution is 6.66. The van der Waals surface area contributed by atoms with Gasteiger partial charge >= 0.3 is 13.1 Å². The SMILES string of the molecule is CCOC(=O)CCCCc1c(Cl)cc2c(cnn2C2CCCCO2)c1B1OC(C)(C)C(C)(C)O1. The van der Waals surface area contributed by atoms with Crippen LogP contribution in [-0.2, 0) is 30.0 Å². The van der Waals surface area contributed by atoms with E-state index in [1.807, 2.05) is 51.6 Å². The van der Waals surface area contributed by atoms with Gasteiger partial charge in [0.1, 0.15) is 0 Å². The Kier molecular flexibility index (Phi) is 7.63. The second-order valence-corrected chi connectivity index (χ2v) is 10.6. The highest BCUT2D eigenvalue weighted by Crippen LogP contribution is 2.38. The van der Waals surface area contributed by atoms with Crippen LogP contribution in [0.2, 0.25) is 5.02 Å². The maximum atomic E-state index is 11.8. The predicted molar refractivity (Wildman–Crippen MR) is 133 cm³/mol. The van der Waals surface area contributed by atoms with Crippen LogP contribution in [0.3, 0.4) is 0 Å². The van der Waals surface area contributed by atoms with Gasteiger partial charge in [-0.25, -0.2) is 4.68 Å². The van der Waals surface area contributed by atoms with E-state index in [9.17, 15) is 4.79 Å². The summed E-state index contributed by atoms with van der Waals surface area (Å²) in [6, 6.07) is 1.98. The molecule has 2 aliphatic rings. The number of unbranched alkanes of at least 4 members (excludes halogenated alkanes) is 1. The van der Waals surface area contributed by atoms with Gasteiger partial charge in [0.15, 0.2) is 6.23 Å². The van der Waals surface area contributed by atoms with Gasteiger partial charge in [-0.2, -0.15) is 5.10 Å². The number of hydrogen-bond donors (Lipinski definition) is 0. The van der Waals surface area contributed by atoms with Crippen molar-refractivity contribution in [1.82, 2.24) is 9.78 Å². The monoisotopic (exact) mass is 490 g/mol. The van der Waals surface area contributed by atoms with Crippen LogP contribution >= 0.6 is 11.6 Å². The Morgan fingerprint density at radius 1 is 1.24 bits per heavy atom.